The summed E-state index contributed by atoms with van der Waals surface area (Å²) >= 11 is 0. The summed E-state index contributed by atoms with van der Waals surface area (Å²) in [5.41, 5.74) is 4.66. The fourth-order valence-corrected chi connectivity index (χ4v) is 2.17. The normalized spacial score (nSPS) is 12.3. The Morgan fingerprint density at radius 1 is 1.16 bits per heavy atom. The van der Waals surface area contributed by atoms with Crippen LogP contribution in [0.1, 0.15) is 34.1 Å². The van der Waals surface area contributed by atoms with E-state index in [4.69, 9.17) is 4.74 Å². The Kier molecular flexibility index (Phi) is 3.86. The average Bonchev–Trinajstić information content (AvgIpc) is 2.41. The van der Waals surface area contributed by atoms with Crippen LogP contribution in [-0.4, -0.2) is 17.2 Å². The molecule has 2 aromatic rings. The molecule has 0 fully saturated rings. The van der Waals surface area contributed by atoms with Crippen LogP contribution in [0.2, 0.25) is 0 Å². The Morgan fingerprint density at radius 3 is 2.53 bits per heavy atom. The Labute approximate surface area is 113 Å². The molecule has 0 spiro atoms. The van der Waals surface area contributed by atoms with E-state index >= 15 is 0 Å². The van der Waals surface area contributed by atoms with Gasteiger partial charge in [-0.1, -0.05) is 12.1 Å². The van der Waals surface area contributed by atoms with E-state index in [1.54, 1.807) is 13.3 Å². The third-order valence-electron chi connectivity index (χ3n) is 3.42. The van der Waals surface area contributed by atoms with Crippen molar-refractivity contribution in [3.8, 4) is 5.75 Å². The number of aliphatic hydroxyl groups is 1. The molecule has 0 radical (unpaired) electrons. The van der Waals surface area contributed by atoms with Gasteiger partial charge >= 0.3 is 0 Å². The molecular weight excluding hydrogens is 238 g/mol. The van der Waals surface area contributed by atoms with E-state index in [0.717, 1.165) is 28.0 Å². The first kappa shape index (κ1) is 13.6. The molecule has 19 heavy (non-hydrogen) atoms. The molecule has 1 unspecified atom stereocenters. The number of nitrogens with zero attached hydrogens (tertiary/aromatic N) is 1. The van der Waals surface area contributed by atoms with Gasteiger partial charge in [-0.3, -0.25) is 4.98 Å². The molecule has 1 heterocycles. The minimum atomic E-state index is -0.769. The van der Waals surface area contributed by atoms with Crippen LogP contribution in [0.25, 0.3) is 0 Å². The number of methoxy groups -OCH3 is 1. The summed E-state index contributed by atoms with van der Waals surface area (Å²) in [4.78, 5) is 4.24. The van der Waals surface area contributed by atoms with Gasteiger partial charge in [0, 0.05) is 11.8 Å². The standard InChI is InChI=1S/C16H19NO2/c1-10-7-8-17-14(9-10)15(18)13-6-5-11(2)12(3)16(13)19-4/h5-9,15,18H,1-4H3. The second-order valence-electron chi connectivity index (χ2n) is 4.79. The molecule has 0 saturated heterocycles. The van der Waals surface area contributed by atoms with Gasteiger partial charge in [-0.25, -0.2) is 0 Å². The summed E-state index contributed by atoms with van der Waals surface area (Å²) in [6.07, 6.45) is 0.940. The van der Waals surface area contributed by atoms with E-state index in [1.165, 1.54) is 0 Å². The van der Waals surface area contributed by atoms with Gasteiger partial charge in [0.1, 0.15) is 11.9 Å². The second kappa shape index (κ2) is 5.41. The minimum absolute atomic E-state index is 0.640. The van der Waals surface area contributed by atoms with Crippen LogP contribution in [0, 0.1) is 20.8 Å². The van der Waals surface area contributed by atoms with Crippen LogP contribution in [-0.2, 0) is 0 Å². The molecule has 0 aliphatic carbocycles. The van der Waals surface area contributed by atoms with E-state index in [2.05, 4.69) is 4.98 Å². The zero-order valence-electron chi connectivity index (χ0n) is 11.8. The number of benzene rings is 1. The highest BCUT2D eigenvalue weighted by Crippen LogP contribution is 2.33. The monoisotopic (exact) mass is 257 g/mol. The number of hydrogen-bond donors (Lipinski definition) is 1. The van der Waals surface area contributed by atoms with E-state index < -0.39 is 6.10 Å². The first-order chi connectivity index (χ1) is 9.04. The van der Waals surface area contributed by atoms with E-state index in [9.17, 15) is 5.11 Å². The lowest BCUT2D eigenvalue weighted by molar-refractivity contribution is 0.209. The van der Waals surface area contributed by atoms with Gasteiger partial charge < -0.3 is 9.84 Å². The summed E-state index contributed by atoms with van der Waals surface area (Å²) in [5, 5.41) is 10.5. The lowest BCUT2D eigenvalue weighted by Crippen LogP contribution is -2.06. The van der Waals surface area contributed by atoms with Crippen molar-refractivity contribution in [1.29, 1.82) is 0 Å². The maximum atomic E-state index is 10.5. The van der Waals surface area contributed by atoms with Gasteiger partial charge in [-0.05, 0) is 49.6 Å². The predicted octanol–water partition coefficient (Wildman–Crippen LogP) is 3.10. The first-order valence-corrected chi connectivity index (χ1v) is 6.29. The molecule has 3 heteroatoms. The fourth-order valence-electron chi connectivity index (χ4n) is 2.17. The van der Waals surface area contributed by atoms with Crippen molar-refractivity contribution in [2.24, 2.45) is 0 Å². The van der Waals surface area contributed by atoms with Crippen molar-refractivity contribution in [3.05, 3.63) is 58.4 Å². The third-order valence-corrected chi connectivity index (χ3v) is 3.42. The highest BCUT2D eigenvalue weighted by atomic mass is 16.5. The summed E-state index contributed by atoms with van der Waals surface area (Å²) in [7, 11) is 1.63. The zero-order chi connectivity index (χ0) is 14.0. The van der Waals surface area contributed by atoms with Gasteiger partial charge in [-0.15, -0.1) is 0 Å². The molecule has 0 aliphatic rings. The highest BCUT2D eigenvalue weighted by Gasteiger charge is 2.18. The van der Waals surface area contributed by atoms with Crippen LogP contribution in [0.5, 0.6) is 5.75 Å². The van der Waals surface area contributed by atoms with Gasteiger partial charge in [0.05, 0.1) is 12.8 Å². The molecule has 1 atom stereocenters. The number of pyridine rings is 1. The molecular formula is C16H19NO2. The van der Waals surface area contributed by atoms with Crippen LogP contribution in [0.15, 0.2) is 30.5 Å². The van der Waals surface area contributed by atoms with Crippen LogP contribution in [0.4, 0.5) is 0 Å². The van der Waals surface area contributed by atoms with Crippen molar-refractivity contribution < 1.29 is 9.84 Å². The van der Waals surface area contributed by atoms with E-state index in [1.807, 2.05) is 45.0 Å². The highest BCUT2D eigenvalue weighted by molar-refractivity contribution is 5.48. The van der Waals surface area contributed by atoms with Crippen molar-refractivity contribution >= 4 is 0 Å². The summed E-state index contributed by atoms with van der Waals surface area (Å²) in [5.74, 6) is 0.732. The molecule has 0 saturated carbocycles. The second-order valence-corrected chi connectivity index (χ2v) is 4.79. The molecule has 2 rings (SSSR count). The summed E-state index contributed by atoms with van der Waals surface area (Å²) in [6.45, 7) is 6.00. The topological polar surface area (TPSA) is 42.4 Å². The first-order valence-electron chi connectivity index (χ1n) is 6.29. The maximum Gasteiger partial charge on any atom is 0.128 e. The number of aryl methyl sites for hydroxylation is 2. The van der Waals surface area contributed by atoms with E-state index in [-0.39, 0.29) is 0 Å². The Morgan fingerprint density at radius 2 is 1.89 bits per heavy atom. The summed E-state index contributed by atoms with van der Waals surface area (Å²) < 4.78 is 5.44. The predicted molar refractivity (Wildman–Crippen MR) is 75.5 cm³/mol. The molecule has 3 nitrogen and oxygen atoms in total. The van der Waals surface area contributed by atoms with Gasteiger partial charge in [-0.2, -0.15) is 0 Å². The number of rotatable bonds is 3. The lowest BCUT2D eigenvalue weighted by atomic mass is 9.98. The lowest BCUT2D eigenvalue weighted by Gasteiger charge is -2.18. The minimum Gasteiger partial charge on any atom is -0.496 e. The SMILES string of the molecule is COc1c(C(O)c2cc(C)ccn2)ccc(C)c1C. The Bertz CT molecular complexity index is 593. The van der Waals surface area contributed by atoms with Crippen molar-refractivity contribution in [2.45, 2.75) is 26.9 Å². The van der Waals surface area contributed by atoms with Crippen molar-refractivity contribution in [2.75, 3.05) is 7.11 Å². The van der Waals surface area contributed by atoms with Gasteiger partial charge in [0.2, 0.25) is 0 Å². The number of aromatic nitrogens is 1. The number of ether oxygens (including phenoxy) is 1. The third kappa shape index (κ3) is 2.61. The van der Waals surface area contributed by atoms with Crippen LogP contribution < -0.4 is 4.74 Å². The average molecular weight is 257 g/mol. The quantitative estimate of drug-likeness (QED) is 0.918. The molecule has 0 bridgehead atoms. The Balaban J connectivity index is 2.50. The molecule has 1 aromatic heterocycles. The van der Waals surface area contributed by atoms with Crippen LogP contribution >= 0.6 is 0 Å². The molecule has 1 aromatic carbocycles. The van der Waals surface area contributed by atoms with Crippen molar-refractivity contribution in [1.82, 2.24) is 4.98 Å². The van der Waals surface area contributed by atoms with Crippen LogP contribution in [0.3, 0.4) is 0 Å². The molecule has 0 amide bonds. The smallest absolute Gasteiger partial charge is 0.128 e. The Hall–Kier alpha value is -1.87. The largest absolute Gasteiger partial charge is 0.496 e. The van der Waals surface area contributed by atoms with Crippen molar-refractivity contribution in [3.63, 3.8) is 0 Å². The maximum absolute atomic E-state index is 10.5. The van der Waals surface area contributed by atoms with E-state index in [0.29, 0.717) is 5.69 Å². The fraction of sp³-hybridized carbons (Fsp3) is 0.312. The van der Waals surface area contributed by atoms with Gasteiger partial charge in [0.25, 0.3) is 0 Å². The molecule has 100 valence electrons. The summed E-state index contributed by atoms with van der Waals surface area (Å²) in [6, 6.07) is 7.69. The van der Waals surface area contributed by atoms with Gasteiger partial charge in [0.15, 0.2) is 0 Å². The molecule has 0 aliphatic heterocycles. The number of aliphatic hydroxyl groups excluding tert-OH is 1. The zero-order valence-corrected chi connectivity index (χ0v) is 11.8. The molecule has 1 N–H and O–H groups in total. The number of hydrogen-bond acceptors (Lipinski definition) is 3.